The van der Waals surface area contributed by atoms with Crippen molar-refractivity contribution in [1.82, 2.24) is 19.7 Å². The van der Waals surface area contributed by atoms with Crippen molar-refractivity contribution < 1.29 is 18.7 Å². The molecule has 1 aromatic carbocycles. The van der Waals surface area contributed by atoms with Crippen molar-refractivity contribution in [3.05, 3.63) is 42.3 Å². The minimum Gasteiger partial charge on any atom is -0.444 e. The molecule has 38 heavy (non-hydrogen) atoms. The number of hydrogen-bond acceptors (Lipinski definition) is 6. The molecule has 0 atom stereocenters. The Bertz CT molecular complexity index is 1260. The van der Waals surface area contributed by atoms with Crippen LogP contribution in [0.25, 0.3) is 22.2 Å². The molecule has 1 amide bonds. The van der Waals surface area contributed by atoms with Gasteiger partial charge < -0.3 is 19.7 Å². The summed E-state index contributed by atoms with van der Waals surface area (Å²) in [5.74, 6) is 0.160. The van der Waals surface area contributed by atoms with Crippen LogP contribution in [-0.2, 0) is 16.2 Å². The summed E-state index contributed by atoms with van der Waals surface area (Å²) >= 11 is 0. The third-order valence-electron chi connectivity index (χ3n) is 6.48. The highest BCUT2D eigenvalue weighted by Crippen LogP contribution is 2.31. The van der Waals surface area contributed by atoms with E-state index in [1.54, 1.807) is 15.6 Å². The van der Waals surface area contributed by atoms with E-state index in [0.29, 0.717) is 43.5 Å². The van der Waals surface area contributed by atoms with E-state index < -0.39 is 19.5 Å². The quantitative estimate of drug-likeness (QED) is 0.264. The molecule has 10 heteroatoms. The Balaban J connectivity index is 1.46. The SMILES string of the molecule is CC(C)(C)OC(=O)N1CCC(Nc2cc(-c3nn(COCC[Si](C)(C)C)c4ccccc34)c(F)cn2)CC1. The zero-order chi connectivity index (χ0) is 27.5. The van der Waals surface area contributed by atoms with Crippen molar-refractivity contribution in [2.24, 2.45) is 0 Å². The number of hydrogen-bond donors (Lipinski definition) is 1. The summed E-state index contributed by atoms with van der Waals surface area (Å²) in [6.45, 7) is 14.7. The summed E-state index contributed by atoms with van der Waals surface area (Å²) in [6.07, 6.45) is 2.45. The molecule has 1 fully saturated rings. The molecule has 3 heterocycles. The number of carbonyl (C=O) groups is 1. The fourth-order valence-corrected chi connectivity index (χ4v) is 5.15. The first kappa shape index (κ1) is 28.0. The van der Waals surface area contributed by atoms with Gasteiger partial charge in [-0.15, -0.1) is 0 Å². The number of anilines is 1. The lowest BCUT2D eigenvalue weighted by Crippen LogP contribution is -2.44. The summed E-state index contributed by atoms with van der Waals surface area (Å²) in [7, 11) is -1.19. The molecule has 1 N–H and O–H groups in total. The average molecular weight is 542 g/mol. The van der Waals surface area contributed by atoms with Crippen LogP contribution in [0.4, 0.5) is 15.0 Å². The number of amides is 1. The predicted molar refractivity (Wildman–Crippen MR) is 151 cm³/mol. The van der Waals surface area contributed by atoms with E-state index in [9.17, 15) is 4.79 Å². The van der Waals surface area contributed by atoms with Crippen LogP contribution in [0.15, 0.2) is 36.5 Å². The van der Waals surface area contributed by atoms with Gasteiger partial charge in [-0.1, -0.05) is 37.8 Å². The van der Waals surface area contributed by atoms with Crippen molar-refractivity contribution in [1.29, 1.82) is 0 Å². The van der Waals surface area contributed by atoms with E-state index >= 15 is 4.39 Å². The second-order valence-corrected chi connectivity index (χ2v) is 17.8. The van der Waals surface area contributed by atoms with E-state index in [0.717, 1.165) is 29.8 Å². The second kappa shape index (κ2) is 11.4. The zero-order valence-corrected chi connectivity index (χ0v) is 24.4. The Hall–Kier alpha value is -2.98. The first-order valence-electron chi connectivity index (χ1n) is 13.3. The molecule has 0 unspecified atom stereocenters. The maximum Gasteiger partial charge on any atom is 0.410 e. The number of ether oxygens (including phenoxy) is 2. The highest BCUT2D eigenvalue weighted by molar-refractivity contribution is 6.76. The highest BCUT2D eigenvalue weighted by atomic mass is 28.3. The van der Waals surface area contributed by atoms with Crippen LogP contribution < -0.4 is 5.32 Å². The molecule has 0 radical (unpaired) electrons. The van der Waals surface area contributed by atoms with Crippen LogP contribution >= 0.6 is 0 Å². The monoisotopic (exact) mass is 541 g/mol. The number of fused-ring (bicyclic) bond motifs is 1. The molecule has 206 valence electrons. The number of halogens is 1. The minimum absolute atomic E-state index is 0.119. The minimum atomic E-state index is -1.19. The van der Waals surface area contributed by atoms with Crippen LogP contribution in [0.1, 0.15) is 33.6 Å². The van der Waals surface area contributed by atoms with Crippen LogP contribution in [-0.4, -0.2) is 65.2 Å². The summed E-state index contributed by atoms with van der Waals surface area (Å²) in [6, 6.07) is 10.7. The lowest BCUT2D eigenvalue weighted by Gasteiger charge is -2.33. The van der Waals surface area contributed by atoms with Gasteiger partial charge in [0.2, 0.25) is 0 Å². The molecule has 1 aliphatic heterocycles. The van der Waals surface area contributed by atoms with Gasteiger partial charge in [-0.2, -0.15) is 5.10 Å². The molecule has 1 saturated heterocycles. The maximum absolute atomic E-state index is 15.1. The number of aromatic nitrogens is 3. The van der Waals surface area contributed by atoms with Crippen molar-refractivity contribution in [3.63, 3.8) is 0 Å². The van der Waals surface area contributed by atoms with Gasteiger partial charge in [0.25, 0.3) is 0 Å². The van der Waals surface area contributed by atoms with Gasteiger partial charge in [0.05, 0.1) is 11.7 Å². The number of nitrogens with zero attached hydrogens (tertiary/aromatic N) is 4. The van der Waals surface area contributed by atoms with Gasteiger partial charge in [-0.05, 0) is 51.8 Å². The molecule has 2 aromatic heterocycles. The van der Waals surface area contributed by atoms with Crippen molar-refractivity contribution in [3.8, 4) is 11.3 Å². The van der Waals surface area contributed by atoms with Crippen LogP contribution in [0, 0.1) is 5.82 Å². The van der Waals surface area contributed by atoms with Crippen molar-refractivity contribution in [2.45, 2.75) is 77.7 Å². The van der Waals surface area contributed by atoms with Gasteiger partial charge in [0, 0.05) is 44.8 Å². The van der Waals surface area contributed by atoms with Crippen molar-refractivity contribution >= 4 is 30.9 Å². The second-order valence-electron chi connectivity index (χ2n) is 12.1. The normalized spacial score (nSPS) is 15.2. The Morgan fingerprint density at radius 1 is 1.18 bits per heavy atom. The van der Waals surface area contributed by atoms with Gasteiger partial charge >= 0.3 is 6.09 Å². The fraction of sp³-hybridized carbons (Fsp3) is 0.536. The average Bonchev–Trinajstić information content (AvgIpc) is 3.20. The fourth-order valence-electron chi connectivity index (χ4n) is 4.40. The topological polar surface area (TPSA) is 81.5 Å². The third kappa shape index (κ3) is 7.32. The van der Waals surface area contributed by atoms with Crippen LogP contribution in [0.5, 0.6) is 0 Å². The first-order valence-corrected chi connectivity index (χ1v) is 17.0. The molecule has 1 aliphatic rings. The van der Waals surface area contributed by atoms with Gasteiger partial charge in [0.1, 0.15) is 23.8 Å². The predicted octanol–water partition coefficient (Wildman–Crippen LogP) is 6.36. The van der Waals surface area contributed by atoms with Gasteiger partial charge in [-0.25, -0.2) is 18.9 Å². The zero-order valence-electron chi connectivity index (χ0n) is 23.4. The van der Waals surface area contributed by atoms with Gasteiger partial charge in [0.15, 0.2) is 5.82 Å². The molecule has 0 aliphatic carbocycles. The van der Waals surface area contributed by atoms with Crippen LogP contribution in [0.3, 0.4) is 0 Å². The molecule has 8 nitrogen and oxygen atoms in total. The Morgan fingerprint density at radius 2 is 1.89 bits per heavy atom. The van der Waals surface area contributed by atoms with E-state index in [1.165, 1.54) is 6.20 Å². The third-order valence-corrected chi connectivity index (χ3v) is 8.18. The Kier molecular flexibility index (Phi) is 8.42. The number of nitrogens with one attached hydrogen (secondary N) is 1. The van der Waals surface area contributed by atoms with Crippen molar-refractivity contribution in [2.75, 3.05) is 25.0 Å². The summed E-state index contributed by atoms with van der Waals surface area (Å²) in [5.41, 5.74) is 1.34. The number of piperidine rings is 1. The number of carbonyl (C=O) groups excluding carboxylic acids is 1. The lowest BCUT2D eigenvalue weighted by molar-refractivity contribution is 0.0210. The largest absolute Gasteiger partial charge is 0.444 e. The summed E-state index contributed by atoms with van der Waals surface area (Å²) < 4.78 is 28.3. The van der Waals surface area contributed by atoms with E-state index in [2.05, 4.69) is 29.9 Å². The molecular weight excluding hydrogens is 501 g/mol. The summed E-state index contributed by atoms with van der Waals surface area (Å²) in [4.78, 5) is 18.4. The maximum atomic E-state index is 15.1. The Morgan fingerprint density at radius 3 is 2.58 bits per heavy atom. The molecule has 3 aromatic rings. The molecule has 0 bridgehead atoms. The number of pyridine rings is 1. The number of para-hydroxylation sites is 1. The Labute approximate surface area is 225 Å². The lowest BCUT2D eigenvalue weighted by atomic mass is 10.0. The van der Waals surface area contributed by atoms with Gasteiger partial charge in [-0.3, -0.25) is 0 Å². The van der Waals surface area contributed by atoms with E-state index in [4.69, 9.17) is 14.6 Å². The van der Waals surface area contributed by atoms with E-state index in [-0.39, 0.29) is 12.1 Å². The molecule has 0 spiro atoms. The molecular formula is C28H40FN5O3Si. The highest BCUT2D eigenvalue weighted by Gasteiger charge is 2.27. The molecule has 4 rings (SSSR count). The number of rotatable bonds is 8. The first-order chi connectivity index (χ1) is 17.9. The standard InChI is InChI=1S/C28H40FN5O3Si/c1-28(2,3)37-27(35)33-13-11-20(12-14-33)31-25-17-22(23(29)18-30-25)26-21-9-7-8-10-24(21)34(32-26)19-36-15-16-38(4,5)6/h7-10,17-18,20H,11-16,19H2,1-6H3,(H,30,31). The smallest absolute Gasteiger partial charge is 0.410 e. The number of likely N-dealkylation sites (tertiary alicyclic amines) is 1. The number of benzene rings is 1. The molecule has 0 saturated carbocycles. The summed E-state index contributed by atoms with van der Waals surface area (Å²) in [5, 5.41) is 9.04. The van der Waals surface area contributed by atoms with E-state index in [1.807, 2.05) is 45.0 Å². The van der Waals surface area contributed by atoms with Crippen LogP contribution in [0.2, 0.25) is 25.7 Å².